The van der Waals surface area contributed by atoms with E-state index in [0.717, 1.165) is 0 Å². The van der Waals surface area contributed by atoms with Crippen molar-refractivity contribution < 1.29 is 174 Å². The van der Waals surface area contributed by atoms with Gasteiger partial charge < -0.3 is 0 Å². The molecule has 0 heterocycles. The van der Waals surface area contributed by atoms with Crippen molar-refractivity contribution in [1.82, 2.24) is 0 Å². The van der Waals surface area contributed by atoms with Crippen LogP contribution in [-0.4, -0.2) is 17.4 Å². The molecule has 0 spiro atoms. The summed E-state index contributed by atoms with van der Waals surface area (Å²) in [5.41, 5.74) is 0. The average molecular weight is 413 g/mol. The van der Waals surface area contributed by atoms with E-state index >= 15 is 0 Å². The van der Waals surface area contributed by atoms with Gasteiger partial charge in [0.2, 0.25) is 0 Å². The number of rotatable bonds is 0. The Labute approximate surface area is 186 Å². The summed E-state index contributed by atoms with van der Waals surface area (Å²) >= 11 is 0. The summed E-state index contributed by atoms with van der Waals surface area (Å²) in [6, 6.07) is 0. The van der Waals surface area contributed by atoms with E-state index in [-0.39, 0.29) is 191 Å². The van der Waals surface area contributed by atoms with E-state index in [2.05, 4.69) is 0 Å². The number of hydrogen-bond acceptors (Lipinski definition) is 0. The van der Waals surface area contributed by atoms with Gasteiger partial charge in [0, 0.05) is 174 Å². The third-order valence-electron chi connectivity index (χ3n) is 0. The molecule has 0 rings (SSSR count). The second-order valence-electron chi connectivity index (χ2n) is 0. The largest absolute Gasteiger partial charge is 0.187 e. The molecular weight excluding hydrogens is 410 g/mol. The minimum Gasteiger partial charge on any atom is 0 e. The second-order valence-corrected chi connectivity index (χ2v) is 0. The Kier molecular flexibility index (Phi) is 565. The van der Waals surface area contributed by atoms with Gasteiger partial charge in [-0.15, -0.1) is 0 Å². The van der Waals surface area contributed by atoms with Gasteiger partial charge in [-0.2, -0.15) is 0 Å². The van der Waals surface area contributed by atoms with Crippen LogP contribution in [0.4, 0.5) is 0 Å². The Bertz CT molecular complexity index is 4.53. The van der Waals surface area contributed by atoms with E-state index in [1.165, 1.54) is 0 Å². The van der Waals surface area contributed by atoms with E-state index in [9.17, 15) is 0 Å². The van der Waals surface area contributed by atoms with E-state index in [1.54, 1.807) is 0 Å². The molecule has 9 heteroatoms. The minimum absolute atomic E-state index is 0. The summed E-state index contributed by atoms with van der Waals surface area (Å²) in [5, 5.41) is 0. The van der Waals surface area contributed by atoms with Crippen LogP contribution in [0.3, 0.4) is 0 Å². The zero-order chi connectivity index (χ0) is 0. The fourth-order valence-electron chi connectivity index (χ4n) is 0. The predicted octanol–water partition coefficient (Wildman–Crippen LogP) is -1.20. The zero-order valence-corrected chi connectivity index (χ0v) is 16.5. The van der Waals surface area contributed by atoms with Gasteiger partial charge in [-0.25, -0.2) is 0 Å². The van der Waals surface area contributed by atoms with E-state index in [0.29, 0.717) is 0 Å². The third-order valence-corrected chi connectivity index (χ3v) is 0. The Balaban J connectivity index is 0. The van der Waals surface area contributed by atoms with Gasteiger partial charge in [-0.05, 0) is 0 Å². The normalized spacial score (nSPS) is 0. The Hall–Kier alpha value is 6.25. The Morgan fingerprint density at radius 3 is 0.222 bits per heavy atom. The molecule has 0 aromatic carbocycles. The maximum Gasteiger partial charge on any atom is 0.187 e. The first kappa shape index (κ1) is 79.3. The molecule has 0 aromatic rings. The third kappa shape index (κ3) is 54.8. The van der Waals surface area contributed by atoms with Crippen LogP contribution in [0.1, 0.15) is 0 Å². The van der Waals surface area contributed by atoms with E-state index in [1.807, 2.05) is 0 Å². The second kappa shape index (κ2) is 64.1. The SMILES string of the molecule is [AlH3].[Ti].[Ti].[Ti].[Ti].[Ti].[Ti].[Ti].[Ti]. The van der Waals surface area contributed by atoms with Crippen molar-refractivity contribution in [3.8, 4) is 0 Å². The summed E-state index contributed by atoms with van der Waals surface area (Å²) in [6.45, 7) is 0. The molecule has 0 radical (unpaired) electrons. The zero-order valence-electron chi connectivity index (χ0n) is 4.00. The molecule has 0 aliphatic rings. The van der Waals surface area contributed by atoms with Gasteiger partial charge in [0.05, 0.1) is 0 Å². The van der Waals surface area contributed by atoms with Crippen LogP contribution in [0.25, 0.3) is 0 Å². The smallest absolute Gasteiger partial charge is 0 e. The van der Waals surface area contributed by atoms with Crippen LogP contribution in [0.2, 0.25) is 0 Å². The molecule has 0 amide bonds. The van der Waals surface area contributed by atoms with Crippen molar-refractivity contribution in [3.05, 3.63) is 0 Å². The summed E-state index contributed by atoms with van der Waals surface area (Å²) in [6.07, 6.45) is 0. The van der Waals surface area contributed by atoms with Crippen LogP contribution < -0.4 is 0 Å². The molecule has 0 N–H and O–H groups in total. The monoisotopic (exact) mass is 414 g/mol. The van der Waals surface area contributed by atoms with Gasteiger partial charge in [0.15, 0.2) is 17.4 Å². The van der Waals surface area contributed by atoms with Gasteiger partial charge >= 0.3 is 0 Å². The van der Waals surface area contributed by atoms with Gasteiger partial charge in [-0.1, -0.05) is 0 Å². The Morgan fingerprint density at radius 1 is 0.222 bits per heavy atom. The van der Waals surface area contributed by atoms with Crippen LogP contribution in [0.5, 0.6) is 0 Å². The molecule has 9 heavy (non-hydrogen) atoms. The van der Waals surface area contributed by atoms with Gasteiger partial charge in [-0.3, -0.25) is 0 Å². The molecular formula is H3AlTi8. The molecule has 0 aromatic heterocycles. The molecule has 0 nitrogen and oxygen atoms in total. The molecule has 0 atom stereocenters. The van der Waals surface area contributed by atoms with E-state index in [4.69, 9.17) is 0 Å². The first-order chi connectivity index (χ1) is 0. The maximum atomic E-state index is 0. The molecule has 38 valence electrons. The average Bonchev–Trinajstić information content (AvgIpc) is 0. The molecule has 0 aliphatic heterocycles. The minimum atomic E-state index is 0. The van der Waals surface area contributed by atoms with Crippen molar-refractivity contribution in [3.63, 3.8) is 0 Å². The van der Waals surface area contributed by atoms with Crippen molar-refractivity contribution in [2.45, 2.75) is 0 Å². The summed E-state index contributed by atoms with van der Waals surface area (Å²) in [7, 11) is 0. The number of hydrogen-bond donors (Lipinski definition) is 0. The van der Waals surface area contributed by atoms with Crippen LogP contribution in [0.15, 0.2) is 0 Å². The van der Waals surface area contributed by atoms with Crippen molar-refractivity contribution in [2.24, 2.45) is 0 Å². The van der Waals surface area contributed by atoms with Crippen molar-refractivity contribution in [1.29, 1.82) is 0 Å². The summed E-state index contributed by atoms with van der Waals surface area (Å²) in [4.78, 5) is 0. The first-order valence-corrected chi connectivity index (χ1v) is 0. The molecule has 0 bridgehead atoms. The van der Waals surface area contributed by atoms with Crippen LogP contribution >= 0.6 is 0 Å². The topological polar surface area (TPSA) is 0 Å². The molecule has 0 saturated carbocycles. The fraction of sp³-hybridized carbons (Fsp3) is 0. The predicted molar refractivity (Wildman–Crippen MR) is 9.94 cm³/mol. The standard InChI is InChI=1S/Al.8Ti.3H. The Morgan fingerprint density at radius 2 is 0.222 bits per heavy atom. The van der Waals surface area contributed by atoms with Crippen molar-refractivity contribution in [2.75, 3.05) is 0 Å². The quantitative estimate of drug-likeness (QED) is 0.438. The van der Waals surface area contributed by atoms with Crippen molar-refractivity contribution >= 4 is 17.4 Å². The van der Waals surface area contributed by atoms with Crippen LogP contribution in [0, 0.1) is 0 Å². The molecule has 0 saturated heterocycles. The summed E-state index contributed by atoms with van der Waals surface area (Å²) < 4.78 is 0. The fourth-order valence-corrected chi connectivity index (χ4v) is 0. The molecule has 0 fully saturated rings. The maximum absolute atomic E-state index is 0. The van der Waals surface area contributed by atoms with Crippen LogP contribution in [-0.2, 0) is 174 Å². The molecule has 0 unspecified atom stereocenters. The molecule has 0 aliphatic carbocycles. The van der Waals surface area contributed by atoms with Gasteiger partial charge in [0.25, 0.3) is 0 Å². The summed E-state index contributed by atoms with van der Waals surface area (Å²) in [5.74, 6) is 0. The van der Waals surface area contributed by atoms with E-state index < -0.39 is 0 Å². The van der Waals surface area contributed by atoms with Gasteiger partial charge in [0.1, 0.15) is 0 Å². The first-order valence-electron chi connectivity index (χ1n) is 0.